The minimum absolute atomic E-state index is 0.124. The van der Waals surface area contributed by atoms with Gasteiger partial charge in [-0.25, -0.2) is 4.98 Å². The lowest BCUT2D eigenvalue weighted by atomic mass is 10.1. The maximum absolute atomic E-state index is 12.9. The van der Waals surface area contributed by atoms with Crippen LogP contribution in [0.15, 0.2) is 73.1 Å². The summed E-state index contributed by atoms with van der Waals surface area (Å²) in [6.45, 7) is 0.543. The van der Waals surface area contributed by atoms with Crippen LogP contribution in [0.5, 0.6) is 0 Å². The van der Waals surface area contributed by atoms with Crippen molar-refractivity contribution >= 4 is 51.5 Å². The monoisotopic (exact) mass is 423 g/mol. The molecular formula is C22H15Cl2N3O2. The molecule has 0 unspecified atom stereocenters. The van der Waals surface area contributed by atoms with Crippen molar-refractivity contribution in [1.29, 1.82) is 0 Å². The summed E-state index contributed by atoms with van der Waals surface area (Å²) in [6.07, 6.45) is 3.20. The Balaban J connectivity index is 1.66. The predicted molar refractivity (Wildman–Crippen MR) is 115 cm³/mol. The Kier molecular flexibility index (Phi) is 5.34. The fraction of sp³-hybridized carbons (Fsp3) is 0.0455. The first kappa shape index (κ1) is 19.2. The molecule has 0 radical (unpaired) electrons. The van der Waals surface area contributed by atoms with Crippen molar-refractivity contribution in [3.63, 3.8) is 0 Å². The third kappa shape index (κ3) is 4.01. The Bertz CT molecular complexity index is 1220. The van der Waals surface area contributed by atoms with E-state index in [1.807, 2.05) is 53.1 Å². The van der Waals surface area contributed by atoms with Crippen molar-refractivity contribution in [1.82, 2.24) is 9.55 Å². The molecule has 0 aliphatic carbocycles. The van der Waals surface area contributed by atoms with E-state index >= 15 is 0 Å². The standard InChI is InChI=1S/C22H15Cl2N3O2/c23-15-9-7-14(8-10-15)12-27-13-17(16-4-1-2-6-19(16)27)20(28)22(29)26-18-5-3-11-25-21(18)24/h1-11,13H,12H2,(H,26,29). The minimum atomic E-state index is -0.769. The van der Waals surface area contributed by atoms with E-state index in [4.69, 9.17) is 23.2 Å². The summed E-state index contributed by atoms with van der Waals surface area (Å²) in [6, 6.07) is 18.2. The molecule has 0 spiro atoms. The number of para-hydroxylation sites is 1. The van der Waals surface area contributed by atoms with Gasteiger partial charge in [-0.2, -0.15) is 0 Å². The lowest BCUT2D eigenvalue weighted by Gasteiger charge is -2.05. The van der Waals surface area contributed by atoms with Crippen LogP contribution in [0.1, 0.15) is 15.9 Å². The highest BCUT2D eigenvalue weighted by atomic mass is 35.5. The van der Waals surface area contributed by atoms with Crippen LogP contribution in [0.2, 0.25) is 10.2 Å². The number of hydrogen-bond donors (Lipinski definition) is 1. The smallest absolute Gasteiger partial charge is 0.296 e. The highest BCUT2D eigenvalue weighted by Crippen LogP contribution is 2.24. The zero-order valence-electron chi connectivity index (χ0n) is 15.1. The number of hydrogen-bond acceptors (Lipinski definition) is 3. The number of rotatable bonds is 5. The van der Waals surface area contributed by atoms with E-state index < -0.39 is 11.7 Å². The van der Waals surface area contributed by atoms with Crippen molar-refractivity contribution in [3.8, 4) is 0 Å². The molecule has 0 atom stereocenters. The maximum atomic E-state index is 12.9. The molecule has 4 rings (SSSR count). The van der Waals surface area contributed by atoms with Crippen molar-refractivity contribution < 1.29 is 9.59 Å². The van der Waals surface area contributed by atoms with Crippen LogP contribution in [0, 0.1) is 0 Å². The van der Waals surface area contributed by atoms with Crippen molar-refractivity contribution in [2.75, 3.05) is 5.32 Å². The predicted octanol–water partition coefficient (Wildman–Crippen LogP) is 5.21. The number of amides is 1. The Labute approximate surface area is 176 Å². The third-order valence-electron chi connectivity index (χ3n) is 4.51. The molecule has 2 aromatic heterocycles. The number of nitrogens with one attached hydrogen (secondary N) is 1. The van der Waals surface area contributed by atoms with Crippen LogP contribution in [0.3, 0.4) is 0 Å². The summed E-state index contributed by atoms with van der Waals surface area (Å²) >= 11 is 11.9. The SMILES string of the molecule is O=C(Nc1cccnc1Cl)C(=O)c1cn(Cc2ccc(Cl)cc2)c2ccccc12. The lowest BCUT2D eigenvalue weighted by molar-refractivity contribution is -0.112. The number of benzene rings is 2. The van der Waals surface area contributed by atoms with E-state index in [0.29, 0.717) is 22.5 Å². The van der Waals surface area contributed by atoms with Gasteiger partial charge in [-0.1, -0.05) is 53.5 Å². The fourth-order valence-electron chi connectivity index (χ4n) is 3.13. The van der Waals surface area contributed by atoms with Gasteiger partial charge in [0, 0.05) is 34.9 Å². The zero-order chi connectivity index (χ0) is 20.4. The van der Waals surface area contributed by atoms with E-state index in [1.165, 1.54) is 6.20 Å². The Morgan fingerprint density at radius 3 is 2.48 bits per heavy atom. The number of anilines is 1. The lowest BCUT2D eigenvalue weighted by Crippen LogP contribution is -2.23. The number of carbonyl (C=O) groups is 2. The Morgan fingerprint density at radius 1 is 0.966 bits per heavy atom. The average molecular weight is 424 g/mol. The molecule has 7 heteroatoms. The van der Waals surface area contributed by atoms with E-state index in [9.17, 15) is 9.59 Å². The molecule has 0 aliphatic rings. The number of Topliss-reactive ketones (excluding diaryl/α,β-unsaturated/α-hetero) is 1. The van der Waals surface area contributed by atoms with E-state index in [2.05, 4.69) is 10.3 Å². The number of fused-ring (bicyclic) bond motifs is 1. The van der Waals surface area contributed by atoms with Crippen molar-refractivity contribution in [3.05, 3.63) is 94.4 Å². The second-order valence-electron chi connectivity index (χ2n) is 6.44. The van der Waals surface area contributed by atoms with Crippen LogP contribution in [0.25, 0.3) is 10.9 Å². The van der Waals surface area contributed by atoms with E-state index in [-0.39, 0.29) is 10.8 Å². The molecule has 2 heterocycles. The zero-order valence-corrected chi connectivity index (χ0v) is 16.6. The molecule has 0 bridgehead atoms. The molecule has 0 saturated heterocycles. The highest BCUT2D eigenvalue weighted by molar-refractivity contribution is 6.49. The second kappa shape index (κ2) is 8.07. The number of halogens is 2. The van der Waals surface area contributed by atoms with Gasteiger partial charge < -0.3 is 9.88 Å². The molecule has 4 aromatic rings. The van der Waals surface area contributed by atoms with E-state index in [1.54, 1.807) is 18.3 Å². The van der Waals surface area contributed by atoms with E-state index in [0.717, 1.165) is 11.1 Å². The summed E-state index contributed by atoms with van der Waals surface area (Å²) < 4.78 is 1.94. The molecule has 0 aliphatic heterocycles. The molecule has 1 N–H and O–H groups in total. The van der Waals surface area contributed by atoms with Crippen LogP contribution in [-0.4, -0.2) is 21.2 Å². The topological polar surface area (TPSA) is 64.0 Å². The van der Waals surface area contributed by atoms with Gasteiger partial charge in [0.1, 0.15) is 0 Å². The van der Waals surface area contributed by atoms with Crippen LogP contribution in [0.4, 0.5) is 5.69 Å². The molecule has 144 valence electrons. The first-order valence-corrected chi connectivity index (χ1v) is 9.57. The van der Waals surface area contributed by atoms with Crippen LogP contribution in [-0.2, 0) is 11.3 Å². The van der Waals surface area contributed by atoms with Gasteiger partial charge >= 0.3 is 0 Å². The molecule has 5 nitrogen and oxygen atoms in total. The quantitative estimate of drug-likeness (QED) is 0.272. The van der Waals surface area contributed by atoms with Gasteiger partial charge in [-0.15, -0.1) is 0 Å². The van der Waals surface area contributed by atoms with Gasteiger partial charge in [0.2, 0.25) is 0 Å². The van der Waals surface area contributed by atoms with Crippen molar-refractivity contribution in [2.45, 2.75) is 6.54 Å². The number of aromatic nitrogens is 2. The van der Waals surface area contributed by atoms with Crippen molar-refractivity contribution in [2.24, 2.45) is 0 Å². The number of carbonyl (C=O) groups excluding carboxylic acids is 2. The second-order valence-corrected chi connectivity index (χ2v) is 7.23. The number of ketones is 1. The molecule has 0 fully saturated rings. The number of pyridine rings is 1. The molecule has 0 saturated carbocycles. The normalized spacial score (nSPS) is 10.8. The first-order chi connectivity index (χ1) is 14.0. The van der Waals surface area contributed by atoms with Gasteiger partial charge in [0.05, 0.1) is 11.3 Å². The Hall–Kier alpha value is -3.15. The van der Waals surface area contributed by atoms with Gasteiger partial charge in [0.25, 0.3) is 11.7 Å². The maximum Gasteiger partial charge on any atom is 0.296 e. The summed E-state index contributed by atoms with van der Waals surface area (Å²) in [7, 11) is 0. The summed E-state index contributed by atoms with van der Waals surface area (Å²) in [5, 5.41) is 4.02. The summed E-state index contributed by atoms with van der Waals surface area (Å²) in [5.74, 6) is -1.41. The average Bonchev–Trinajstić information content (AvgIpc) is 3.09. The molecule has 2 aromatic carbocycles. The first-order valence-electron chi connectivity index (χ1n) is 8.81. The minimum Gasteiger partial charge on any atom is -0.342 e. The van der Waals surface area contributed by atoms with Gasteiger partial charge in [0.15, 0.2) is 5.15 Å². The summed E-state index contributed by atoms with van der Waals surface area (Å²) in [4.78, 5) is 29.3. The fourth-order valence-corrected chi connectivity index (χ4v) is 3.42. The molecule has 1 amide bonds. The highest BCUT2D eigenvalue weighted by Gasteiger charge is 2.22. The molecular weight excluding hydrogens is 409 g/mol. The Morgan fingerprint density at radius 2 is 1.72 bits per heavy atom. The van der Waals surface area contributed by atoms with Gasteiger partial charge in [-0.05, 0) is 35.9 Å². The third-order valence-corrected chi connectivity index (χ3v) is 5.07. The van der Waals surface area contributed by atoms with Crippen LogP contribution < -0.4 is 5.32 Å². The summed E-state index contributed by atoms with van der Waals surface area (Å²) in [5.41, 5.74) is 2.50. The largest absolute Gasteiger partial charge is 0.342 e. The number of nitrogens with zero attached hydrogens (tertiary/aromatic N) is 2. The van der Waals surface area contributed by atoms with Crippen LogP contribution >= 0.6 is 23.2 Å². The molecule has 29 heavy (non-hydrogen) atoms. The van der Waals surface area contributed by atoms with Gasteiger partial charge in [-0.3, -0.25) is 9.59 Å².